The summed E-state index contributed by atoms with van der Waals surface area (Å²) in [4.78, 5) is 2.54. The second kappa shape index (κ2) is 9.88. The standard InChI is InChI=1S/C47H42BN/c1-45(2)28-34-29-47(34,5)38-27-40-39(26-37(38)45)46(3,4)36-17-12-18-43-44(36)48(40)41-25-33(31-15-10-7-11-16-31)21-24-42(41)49(43)35-22-19-32(20-23-35)30-13-8-6-9-14-30/h6-27,34H,28-29H2,1-5H3. The SMILES string of the molecule is CC1(C)CC2CC2(C)c2cc3c(cc21)C(C)(C)c1cccc2c1B3c1cc(-c3ccccc3)ccc1N2c1ccc(-c2ccccc2)cc1. The van der Waals surface area contributed by atoms with Crippen molar-refractivity contribution in [2.45, 2.75) is 63.7 Å². The lowest BCUT2D eigenvalue weighted by Crippen LogP contribution is -2.64. The average Bonchev–Trinajstić information content (AvgIpc) is 3.79. The number of benzene rings is 6. The molecule has 49 heavy (non-hydrogen) atoms. The summed E-state index contributed by atoms with van der Waals surface area (Å²) in [6, 6.07) is 50.5. The molecular formula is C47H42BN. The Kier molecular flexibility index (Phi) is 5.88. The number of anilines is 3. The van der Waals surface area contributed by atoms with E-state index in [-0.39, 0.29) is 17.5 Å². The molecule has 4 aliphatic rings. The summed E-state index contributed by atoms with van der Waals surface area (Å²) in [5.74, 6) is 0.796. The monoisotopic (exact) mass is 631 g/mol. The van der Waals surface area contributed by atoms with Gasteiger partial charge in [0.1, 0.15) is 0 Å². The topological polar surface area (TPSA) is 3.24 Å². The third kappa shape index (κ3) is 4.07. The molecule has 6 aromatic carbocycles. The Morgan fingerprint density at radius 1 is 0.510 bits per heavy atom. The van der Waals surface area contributed by atoms with Crippen LogP contribution in [0.2, 0.25) is 0 Å². The largest absolute Gasteiger partial charge is 0.312 e. The lowest BCUT2D eigenvalue weighted by molar-refractivity contribution is 0.390. The van der Waals surface area contributed by atoms with E-state index in [2.05, 4.69) is 173 Å². The molecule has 0 saturated heterocycles. The Hall–Kier alpha value is -4.82. The third-order valence-corrected chi connectivity index (χ3v) is 12.9. The Balaban J connectivity index is 1.24. The Labute approximate surface area is 291 Å². The van der Waals surface area contributed by atoms with Gasteiger partial charge in [-0.1, -0.05) is 149 Å². The van der Waals surface area contributed by atoms with Gasteiger partial charge in [-0.15, -0.1) is 0 Å². The van der Waals surface area contributed by atoms with Gasteiger partial charge in [-0.3, -0.25) is 0 Å². The molecule has 1 fully saturated rings. The van der Waals surface area contributed by atoms with Gasteiger partial charge >= 0.3 is 0 Å². The van der Waals surface area contributed by atoms with Gasteiger partial charge in [0.15, 0.2) is 0 Å². The van der Waals surface area contributed by atoms with Gasteiger partial charge < -0.3 is 4.90 Å². The first-order valence-corrected chi connectivity index (χ1v) is 18.1. The molecule has 1 nitrogen and oxygen atoms in total. The second-order valence-corrected chi connectivity index (χ2v) is 16.6. The molecule has 238 valence electrons. The highest BCUT2D eigenvalue weighted by atomic mass is 15.1. The van der Waals surface area contributed by atoms with Crippen molar-refractivity contribution < 1.29 is 0 Å². The van der Waals surface area contributed by atoms with Crippen LogP contribution >= 0.6 is 0 Å². The highest BCUT2D eigenvalue weighted by molar-refractivity contribution is 6.99. The molecule has 0 N–H and O–H groups in total. The smallest absolute Gasteiger partial charge is 0.247 e. The normalized spacial score (nSPS) is 21.5. The van der Waals surface area contributed by atoms with E-state index in [0.717, 1.165) is 5.92 Å². The number of nitrogens with zero attached hydrogens (tertiary/aromatic N) is 1. The van der Waals surface area contributed by atoms with E-state index < -0.39 is 0 Å². The molecule has 10 rings (SSSR count). The van der Waals surface area contributed by atoms with Crippen molar-refractivity contribution in [1.29, 1.82) is 0 Å². The molecule has 2 aliphatic carbocycles. The van der Waals surface area contributed by atoms with Crippen molar-refractivity contribution in [3.63, 3.8) is 0 Å². The van der Waals surface area contributed by atoms with Crippen LogP contribution in [-0.4, -0.2) is 6.71 Å². The van der Waals surface area contributed by atoms with Crippen LogP contribution < -0.4 is 21.3 Å². The maximum Gasteiger partial charge on any atom is 0.247 e. The minimum Gasteiger partial charge on any atom is -0.312 e. The van der Waals surface area contributed by atoms with Gasteiger partial charge in [0.05, 0.1) is 0 Å². The molecule has 2 unspecified atom stereocenters. The third-order valence-electron chi connectivity index (χ3n) is 12.9. The van der Waals surface area contributed by atoms with Crippen LogP contribution in [0.4, 0.5) is 17.1 Å². The van der Waals surface area contributed by atoms with Gasteiger partial charge in [0.25, 0.3) is 0 Å². The summed E-state index contributed by atoms with van der Waals surface area (Å²) >= 11 is 0. The minimum absolute atomic E-state index is 0.124. The summed E-state index contributed by atoms with van der Waals surface area (Å²) in [5.41, 5.74) is 19.7. The van der Waals surface area contributed by atoms with Crippen molar-refractivity contribution in [3.8, 4) is 22.3 Å². The molecule has 0 spiro atoms. The van der Waals surface area contributed by atoms with E-state index >= 15 is 0 Å². The van der Waals surface area contributed by atoms with E-state index in [0.29, 0.717) is 5.41 Å². The Bertz CT molecular complexity index is 2300. The van der Waals surface area contributed by atoms with Crippen LogP contribution in [0.3, 0.4) is 0 Å². The van der Waals surface area contributed by atoms with Crippen molar-refractivity contribution in [2.75, 3.05) is 4.90 Å². The summed E-state index contributed by atoms with van der Waals surface area (Å²) < 4.78 is 0. The summed E-state index contributed by atoms with van der Waals surface area (Å²) in [6.07, 6.45) is 2.61. The number of fused-ring (bicyclic) bond motifs is 7. The second-order valence-electron chi connectivity index (χ2n) is 16.6. The zero-order valence-corrected chi connectivity index (χ0v) is 29.2. The molecule has 1 saturated carbocycles. The molecule has 2 atom stereocenters. The molecule has 0 aromatic heterocycles. The number of rotatable bonds is 3. The highest BCUT2D eigenvalue weighted by Gasteiger charge is 2.59. The predicted molar refractivity (Wildman–Crippen MR) is 208 cm³/mol. The molecule has 0 radical (unpaired) electrons. The van der Waals surface area contributed by atoms with Gasteiger partial charge in [-0.2, -0.15) is 0 Å². The van der Waals surface area contributed by atoms with E-state index in [1.807, 2.05) is 0 Å². The van der Waals surface area contributed by atoms with Crippen molar-refractivity contribution >= 4 is 40.2 Å². The first-order chi connectivity index (χ1) is 23.6. The fraction of sp³-hybridized carbons (Fsp3) is 0.234. The quantitative estimate of drug-likeness (QED) is 0.176. The molecule has 2 heteroatoms. The van der Waals surface area contributed by atoms with Crippen LogP contribution in [0.25, 0.3) is 22.3 Å². The highest BCUT2D eigenvalue weighted by Crippen LogP contribution is 2.64. The van der Waals surface area contributed by atoms with Crippen LogP contribution in [0.5, 0.6) is 0 Å². The fourth-order valence-corrected chi connectivity index (χ4v) is 10.1. The molecule has 2 aliphatic heterocycles. The van der Waals surface area contributed by atoms with E-state index in [1.165, 1.54) is 79.7 Å². The van der Waals surface area contributed by atoms with Crippen molar-refractivity contribution in [2.24, 2.45) is 5.92 Å². The number of hydrogen-bond donors (Lipinski definition) is 0. The first-order valence-electron chi connectivity index (χ1n) is 18.1. The summed E-state index contributed by atoms with van der Waals surface area (Å²) in [5, 5.41) is 0. The molecular weight excluding hydrogens is 589 g/mol. The maximum atomic E-state index is 2.70. The molecule has 0 amide bonds. The van der Waals surface area contributed by atoms with E-state index in [4.69, 9.17) is 0 Å². The van der Waals surface area contributed by atoms with Crippen LogP contribution in [0.15, 0.2) is 133 Å². The molecule has 2 heterocycles. The molecule has 6 aromatic rings. The maximum absolute atomic E-state index is 2.70. The van der Waals surface area contributed by atoms with Gasteiger partial charge in [0, 0.05) is 22.5 Å². The van der Waals surface area contributed by atoms with Crippen molar-refractivity contribution in [1.82, 2.24) is 0 Å². The van der Waals surface area contributed by atoms with Gasteiger partial charge in [-0.05, 0) is 109 Å². The summed E-state index contributed by atoms with van der Waals surface area (Å²) in [7, 11) is 0. The van der Waals surface area contributed by atoms with E-state index in [9.17, 15) is 0 Å². The minimum atomic E-state index is -0.124. The predicted octanol–water partition coefficient (Wildman–Crippen LogP) is 9.92. The van der Waals surface area contributed by atoms with Crippen LogP contribution in [0, 0.1) is 5.92 Å². The Morgan fingerprint density at radius 2 is 1.16 bits per heavy atom. The fourth-order valence-electron chi connectivity index (χ4n) is 10.1. The first kappa shape index (κ1) is 29.1. The van der Waals surface area contributed by atoms with Crippen LogP contribution in [-0.2, 0) is 16.2 Å². The lowest BCUT2D eigenvalue weighted by atomic mass is 9.29. The average molecular weight is 632 g/mol. The zero-order chi connectivity index (χ0) is 33.3. The van der Waals surface area contributed by atoms with Gasteiger partial charge in [0.2, 0.25) is 6.71 Å². The molecule has 0 bridgehead atoms. The van der Waals surface area contributed by atoms with Gasteiger partial charge in [-0.25, -0.2) is 0 Å². The number of hydrogen-bond acceptors (Lipinski definition) is 1. The van der Waals surface area contributed by atoms with E-state index in [1.54, 1.807) is 11.1 Å². The zero-order valence-electron chi connectivity index (χ0n) is 29.2. The van der Waals surface area contributed by atoms with Crippen molar-refractivity contribution in [3.05, 3.63) is 156 Å². The lowest BCUT2D eigenvalue weighted by Gasteiger charge is -2.47. The summed E-state index contributed by atoms with van der Waals surface area (Å²) in [6.45, 7) is 12.6. The Morgan fingerprint density at radius 3 is 1.88 bits per heavy atom. The van der Waals surface area contributed by atoms with Crippen LogP contribution in [0.1, 0.15) is 69.7 Å².